The van der Waals surface area contributed by atoms with E-state index < -0.39 is 23.7 Å². The lowest BCUT2D eigenvalue weighted by Crippen LogP contribution is -2.49. The van der Waals surface area contributed by atoms with Crippen LogP contribution in [-0.4, -0.2) is 35.3 Å². The maximum atomic E-state index is 12.8. The Hall–Kier alpha value is -2.05. The molecule has 132 valence electrons. The Balaban J connectivity index is 2.15. The summed E-state index contributed by atoms with van der Waals surface area (Å²) in [5.41, 5.74) is -0.982. The van der Waals surface area contributed by atoms with Crippen LogP contribution in [0.2, 0.25) is 0 Å². The molecule has 1 unspecified atom stereocenters. The van der Waals surface area contributed by atoms with Crippen molar-refractivity contribution in [1.29, 1.82) is 0 Å². The summed E-state index contributed by atoms with van der Waals surface area (Å²) in [5, 5.41) is 2.59. The van der Waals surface area contributed by atoms with Crippen LogP contribution in [0.5, 0.6) is 0 Å². The minimum absolute atomic E-state index is 0.0172. The summed E-state index contributed by atoms with van der Waals surface area (Å²) in [6.07, 6.45) is -2.39. The van der Waals surface area contributed by atoms with Crippen molar-refractivity contribution in [2.45, 2.75) is 51.4 Å². The fraction of sp³-hybridized carbons (Fsp3) is 0.529. The number of nitrogens with zero attached hydrogens (tertiary/aromatic N) is 1. The van der Waals surface area contributed by atoms with Crippen LogP contribution in [0.1, 0.15) is 49.0 Å². The minimum Gasteiger partial charge on any atom is -0.340 e. The Morgan fingerprint density at radius 2 is 2.00 bits per heavy atom. The zero-order chi connectivity index (χ0) is 17.9. The summed E-state index contributed by atoms with van der Waals surface area (Å²) in [6, 6.07) is 3.53. The number of hydrogen-bond acceptors (Lipinski definition) is 2. The number of carbonyl (C=O) groups excluding carboxylic acids is 2. The molecule has 1 aliphatic heterocycles. The summed E-state index contributed by atoms with van der Waals surface area (Å²) in [6.45, 7) is 4.43. The predicted molar refractivity (Wildman–Crippen MR) is 83.4 cm³/mol. The first-order valence-electron chi connectivity index (χ1n) is 7.98. The maximum absolute atomic E-state index is 12.8. The molecular formula is C17H21F3N2O2. The van der Waals surface area contributed by atoms with Crippen molar-refractivity contribution in [2.75, 3.05) is 6.54 Å². The first kappa shape index (κ1) is 18.3. The van der Waals surface area contributed by atoms with Gasteiger partial charge in [0, 0.05) is 18.2 Å². The third kappa shape index (κ3) is 4.27. The highest BCUT2D eigenvalue weighted by Gasteiger charge is 2.32. The number of halogens is 3. The maximum Gasteiger partial charge on any atom is 0.416 e. The largest absolute Gasteiger partial charge is 0.416 e. The molecule has 1 saturated heterocycles. The van der Waals surface area contributed by atoms with Crippen molar-refractivity contribution < 1.29 is 22.8 Å². The second kappa shape index (κ2) is 7.23. The molecule has 0 radical (unpaired) electrons. The van der Waals surface area contributed by atoms with Gasteiger partial charge in [-0.25, -0.2) is 0 Å². The summed E-state index contributed by atoms with van der Waals surface area (Å²) in [7, 11) is 0. The molecule has 4 nitrogen and oxygen atoms in total. The van der Waals surface area contributed by atoms with Crippen molar-refractivity contribution in [3.8, 4) is 0 Å². The van der Waals surface area contributed by atoms with Crippen molar-refractivity contribution >= 4 is 11.8 Å². The van der Waals surface area contributed by atoms with Crippen molar-refractivity contribution in [2.24, 2.45) is 0 Å². The van der Waals surface area contributed by atoms with Gasteiger partial charge >= 0.3 is 6.18 Å². The van der Waals surface area contributed by atoms with Gasteiger partial charge in [-0.1, -0.05) is 6.07 Å². The number of nitrogens with one attached hydrogen (secondary N) is 1. The Kier molecular flexibility index (Phi) is 5.51. The van der Waals surface area contributed by atoms with Gasteiger partial charge in [-0.05, 0) is 51.3 Å². The quantitative estimate of drug-likeness (QED) is 0.917. The van der Waals surface area contributed by atoms with E-state index in [-0.39, 0.29) is 17.5 Å². The van der Waals surface area contributed by atoms with E-state index in [9.17, 15) is 22.8 Å². The van der Waals surface area contributed by atoms with Gasteiger partial charge in [-0.2, -0.15) is 13.2 Å². The molecule has 1 atom stereocenters. The van der Waals surface area contributed by atoms with Gasteiger partial charge in [0.1, 0.15) is 6.04 Å². The molecule has 1 aromatic carbocycles. The lowest BCUT2D eigenvalue weighted by atomic mass is 10.1. The second-order valence-corrected chi connectivity index (χ2v) is 6.23. The average Bonchev–Trinajstić information content (AvgIpc) is 2.69. The lowest BCUT2D eigenvalue weighted by Gasteiger charge is -2.28. The van der Waals surface area contributed by atoms with E-state index in [0.29, 0.717) is 13.0 Å². The number of alkyl halides is 3. The number of likely N-dealkylation sites (tertiary alicyclic amines) is 1. The molecule has 2 amide bonds. The highest BCUT2D eigenvalue weighted by atomic mass is 19.4. The summed E-state index contributed by atoms with van der Waals surface area (Å²) < 4.78 is 38.3. The van der Waals surface area contributed by atoms with Gasteiger partial charge < -0.3 is 10.2 Å². The topological polar surface area (TPSA) is 49.4 Å². The smallest absolute Gasteiger partial charge is 0.340 e. The lowest BCUT2D eigenvalue weighted by molar-refractivity contribution is -0.137. The summed E-state index contributed by atoms with van der Waals surface area (Å²) in [5.74, 6) is -0.840. The summed E-state index contributed by atoms with van der Waals surface area (Å²) in [4.78, 5) is 26.5. The highest BCUT2D eigenvalue weighted by molar-refractivity contribution is 5.97. The highest BCUT2D eigenvalue weighted by Crippen LogP contribution is 2.29. The zero-order valence-electron chi connectivity index (χ0n) is 13.7. The molecule has 24 heavy (non-hydrogen) atoms. The molecule has 0 spiro atoms. The van der Waals surface area contributed by atoms with Gasteiger partial charge in [0.2, 0.25) is 5.91 Å². The van der Waals surface area contributed by atoms with E-state index in [1.807, 2.05) is 13.8 Å². The molecule has 0 saturated carbocycles. The number of rotatable bonds is 3. The molecule has 7 heteroatoms. The van der Waals surface area contributed by atoms with Crippen LogP contribution < -0.4 is 5.32 Å². The van der Waals surface area contributed by atoms with Crippen LogP contribution in [-0.2, 0) is 11.0 Å². The molecule has 0 aliphatic carbocycles. The molecular weight excluding hydrogens is 321 g/mol. The third-order valence-corrected chi connectivity index (χ3v) is 4.10. The Bertz CT molecular complexity index is 614. The number of hydrogen-bond donors (Lipinski definition) is 1. The molecule has 2 rings (SSSR count). The average molecular weight is 342 g/mol. The molecule has 0 aromatic heterocycles. The van der Waals surface area contributed by atoms with Crippen molar-refractivity contribution in [3.63, 3.8) is 0 Å². The molecule has 1 N–H and O–H groups in total. The summed E-state index contributed by atoms with van der Waals surface area (Å²) >= 11 is 0. The number of benzene rings is 1. The fourth-order valence-corrected chi connectivity index (χ4v) is 2.79. The van der Waals surface area contributed by atoms with Crippen molar-refractivity contribution in [1.82, 2.24) is 10.2 Å². The molecule has 1 fully saturated rings. The SMILES string of the molecule is CC(C)N1CCCCC(NC(=O)c2cccc(C(F)(F)F)c2)C1=O. The second-order valence-electron chi connectivity index (χ2n) is 6.23. The Labute approximate surface area is 139 Å². The Morgan fingerprint density at radius 1 is 1.29 bits per heavy atom. The van der Waals surface area contributed by atoms with Crippen LogP contribution in [0.4, 0.5) is 13.2 Å². The first-order chi connectivity index (χ1) is 11.2. The molecule has 1 aliphatic rings. The fourth-order valence-electron chi connectivity index (χ4n) is 2.79. The Morgan fingerprint density at radius 3 is 2.62 bits per heavy atom. The van der Waals surface area contributed by atoms with Crippen molar-refractivity contribution in [3.05, 3.63) is 35.4 Å². The molecule has 1 heterocycles. The monoisotopic (exact) mass is 342 g/mol. The van der Waals surface area contributed by atoms with E-state index in [4.69, 9.17) is 0 Å². The van der Waals surface area contributed by atoms with E-state index in [0.717, 1.165) is 25.0 Å². The van der Waals surface area contributed by atoms with Gasteiger partial charge in [0.25, 0.3) is 5.91 Å². The van der Waals surface area contributed by atoms with Gasteiger partial charge in [0.15, 0.2) is 0 Å². The number of carbonyl (C=O) groups is 2. The van der Waals surface area contributed by atoms with Crippen LogP contribution in [0.15, 0.2) is 24.3 Å². The van der Waals surface area contributed by atoms with Crippen LogP contribution in [0.3, 0.4) is 0 Å². The van der Waals surface area contributed by atoms with Crippen LogP contribution in [0.25, 0.3) is 0 Å². The molecule has 0 bridgehead atoms. The van der Waals surface area contributed by atoms with Crippen LogP contribution >= 0.6 is 0 Å². The van der Waals surface area contributed by atoms with Gasteiger partial charge in [-0.15, -0.1) is 0 Å². The number of amides is 2. The zero-order valence-corrected chi connectivity index (χ0v) is 13.7. The van der Waals surface area contributed by atoms with E-state index in [2.05, 4.69) is 5.32 Å². The normalized spacial score (nSPS) is 19.3. The predicted octanol–water partition coefficient (Wildman–Crippen LogP) is 3.22. The third-order valence-electron chi connectivity index (χ3n) is 4.10. The minimum atomic E-state index is -4.51. The van der Waals surface area contributed by atoms with E-state index >= 15 is 0 Å². The van der Waals surface area contributed by atoms with Gasteiger partial charge in [-0.3, -0.25) is 9.59 Å². The van der Waals surface area contributed by atoms with E-state index in [1.54, 1.807) is 4.90 Å². The standard InChI is InChI=1S/C17H21F3N2O2/c1-11(2)22-9-4-3-8-14(16(22)24)21-15(23)12-6-5-7-13(10-12)17(18,19)20/h5-7,10-11,14H,3-4,8-9H2,1-2H3,(H,21,23). The van der Waals surface area contributed by atoms with E-state index in [1.165, 1.54) is 12.1 Å². The van der Waals surface area contributed by atoms with Gasteiger partial charge in [0.05, 0.1) is 5.56 Å². The van der Waals surface area contributed by atoms with Crippen LogP contribution in [0, 0.1) is 0 Å². The molecule has 1 aromatic rings. The first-order valence-corrected chi connectivity index (χ1v) is 7.98.